The van der Waals surface area contributed by atoms with Crippen molar-refractivity contribution in [2.24, 2.45) is 0 Å². The van der Waals surface area contributed by atoms with Gasteiger partial charge in [-0.05, 0) is 43.4 Å². The third-order valence-corrected chi connectivity index (χ3v) is 5.25. The van der Waals surface area contributed by atoms with E-state index in [1.54, 1.807) is 13.2 Å². The van der Waals surface area contributed by atoms with Gasteiger partial charge in [0.25, 0.3) is 0 Å². The van der Waals surface area contributed by atoms with Gasteiger partial charge in [0.2, 0.25) is 10.0 Å². The number of anilines is 1. The number of rotatable bonds is 4. The van der Waals surface area contributed by atoms with E-state index in [1.807, 2.05) is 12.1 Å². The van der Waals surface area contributed by atoms with Gasteiger partial charge in [-0.25, -0.2) is 13.4 Å². The summed E-state index contributed by atoms with van der Waals surface area (Å²) in [5.74, 6) is 0.252. The Kier molecular flexibility index (Phi) is 3.71. The Morgan fingerprint density at radius 2 is 2.29 bits per heavy atom. The Labute approximate surface area is 124 Å². The second-order valence-corrected chi connectivity index (χ2v) is 7.25. The molecule has 0 saturated heterocycles. The van der Waals surface area contributed by atoms with Gasteiger partial charge >= 0.3 is 0 Å². The highest BCUT2D eigenvalue weighted by molar-refractivity contribution is 7.92. The fourth-order valence-electron chi connectivity index (χ4n) is 2.89. The zero-order valence-corrected chi connectivity index (χ0v) is 12.7. The molecule has 0 aliphatic heterocycles. The topological polar surface area (TPSA) is 72.2 Å². The van der Waals surface area contributed by atoms with Gasteiger partial charge in [0, 0.05) is 5.92 Å². The molecule has 1 unspecified atom stereocenters. The van der Waals surface area contributed by atoms with Crippen LogP contribution in [0, 0.1) is 0 Å². The molecule has 1 atom stereocenters. The minimum absolute atomic E-state index is 0.0728. The molecule has 6 heteroatoms. The molecule has 1 aliphatic rings. The minimum Gasteiger partial charge on any atom is -0.451 e. The third kappa shape index (κ3) is 2.81. The van der Waals surface area contributed by atoms with Gasteiger partial charge in [-0.2, -0.15) is 0 Å². The molecule has 1 aromatic heterocycles. The van der Waals surface area contributed by atoms with Crippen molar-refractivity contribution in [3.05, 3.63) is 47.7 Å². The predicted molar refractivity (Wildman–Crippen MR) is 80.8 cm³/mol. The standard InChI is InChI=1S/C15H18N2O3S/c1-2-21(18,19)17-14-8-4-5-11-12(14)6-3-7-13(11)15-9-20-10-16-15/h4-5,8-10,13,17H,2-3,6-7H2,1H3. The first-order chi connectivity index (χ1) is 10.1. The van der Waals surface area contributed by atoms with Gasteiger partial charge in [0.15, 0.2) is 6.39 Å². The second-order valence-electron chi connectivity index (χ2n) is 5.24. The summed E-state index contributed by atoms with van der Waals surface area (Å²) in [4.78, 5) is 4.25. The molecule has 5 nitrogen and oxygen atoms in total. The first-order valence-electron chi connectivity index (χ1n) is 7.11. The zero-order valence-electron chi connectivity index (χ0n) is 11.9. The quantitative estimate of drug-likeness (QED) is 0.942. The minimum atomic E-state index is -3.26. The van der Waals surface area contributed by atoms with E-state index >= 15 is 0 Å². The molecule has 1 aromatic carbocycles. The van der Waals surface area contributed by atoms with Gasteiger partial charge in [0.1, 0.15) is 6.26 Å². The van der Waals surface area contributed by atoms with E-state index in [1.165, 1.54) is 6.39 Å². The first-order valence-corrected chi connectivity index (χ1v) is 8.76. The lowest BCUT2D eigenvalue weighted by Gasteiger charge is -2.26. The third-order valence-electron chi connectivity index (χ3n) is 3.96. The Morgan fingerprint density at radius 3 is 3.00 bits per heavy atom. The number of sulfonamides is 1. The maximum absolute atomic E-state index is 11.8. The monoisotopic (exact) mass is 306 g/mol. The summed E-state index contributed by atoms with van der Waals surface area (Å²) in [6.07, 6.45) is 6.00. The van der Waals surface area contributed by atoms with E-state index < -0.39 is 10.0 Å². The van der Waals surface area contributed by atoms with E-state index in [0.29, 0.717) is 5.69 Å². The number of nitrogens with zero attached hydrogens (tertiary/aromatic N) is 1. The maximum Gasteiger partial charge on any atom is 0.232 e. The number of hydrogen-bond donors (Lipinski definition) is 1. The Hall–Kier alpha value is -1.82. The summed E-state index contributed by atoms with van der Waals surface area (Å²) in [5, 5.41) is 0. The molecule has 112 valence electrons. The molecule has 0 fully saturated rings. The van der Waals surface area contributed by atoms with E-state index in [4.69, 9.17) is 4.42 Å². The van der Waals surface area contributed by atoms with Crippen LogP contribution in [0.4, 0.5) is 5.69 Å². The van der Waals surface area contributed by atoms with Crippen LogP contribution >= 0.6 is 0 Å². The van der Waals surface area contributed by atoms with Crippen LogP contribution in [0.5, 0.6) is 0 Å². The van der Waals surface area contributed by atoms with Crippen LogP contribution in [0.3, 0.4) is 0 Å². The Bertz CT molecular complexity index is 723. The van der Waals surface area contributed by atoms with Crippen molar-refractivity contribution in [3.63, 3.8) is 0 Å². The van der Waals surface area contributed by atoms with Gasteiger partial charge < -0.3 is 4.42 Å². The molecule has 1 N–H and O–H groups in total. The average molecular weight is 306 g/mol. The highest BCUT2D eigenvalue weighted by atomic mass is 32.2. The lowest BCUT2D eigenvalue weighted by atomic mass is 9.80. The molecule has 2 aromatic rings. The largest absolute Gasteiger partial charge is 0.451 e. The average Bonchev–Trinajstić information content (AvgIpc) is 3.01. The van der Waals surface area contributed by atoms with Gasteiger partial charge in [0.05, 0.1) is 17.1 Å². The van der Waals surface area contributed by atoms with Crippen LogP contribution in [0.15, 0.2) is 35.3 Å². The molecular weight excluding hydrogens is 288 g/mol. The smallest absolute Gasteiger partial charge is 0.232 e. The number of oxazole rings is 1. The molecule has 1 aliphatic carbocycles. The molecule has 3 rings (SSSR count). The van der Waals surface area contributed by atoms with Crippen LogP contribution in [-0.2, 0) is 16.4 Å². The van der Waals surface area contributed by atoms with E-state index in [0.717, 1.165) is 36.1 Å². The van der Waals surface area contributed by atoms with Crippen molar-refractivity contribution < 1.29 is 12.8 Å². The Balaban J connectivity index is 2.02. The predicted octanol–water partition coefficient (Wildman–Crippen LogP) is 2.90. The fraction of sp³-hybridized carbons (Fsp3) is 0.400. The highest BCUT2D eigenvalue weighted by Gasteiger charge is 2.26. The summed E-state index contributed by atoms with van der Waals surface area (Å²) in [6, 6.07) is 5.78. The molecule has 0 radical (unpaired) electrons. The maximum atomic E-state index is 11.8. The van der Waals surface area contributed by atoms with Crippen LogP contribution in [0.2, 0.25) is 0 Å². The summed E-state index contributed by atoms with van der Waals surface area (Å²) in [7, 11) is -3.26. The van der Waals surface area contributed by atoms with E-state index in [2.05, 4.69) is 15.8 Å². The Morgan fingerprint density at radius 1 is 1.43 bits per heavy atom. The molecule has 0 spiro atoms. The zero-order chi connectivity index (χ0) is 14.9. The molecule has 0 saturated carbocycles. The van der Waals surface area contributed by atoms with Gasteiger partial charge in [-0.1, -0.05) is 12.1 Å². The highest BCUT2D eigenvalue weighted by Crippen LogP contribution is 2.39. The molecule has 1 heterocycles. The number of nitrogens with one attached hydrogen (secondary N) is 1. The summed E-state index contributed by atoms with van der Waals surface area (Å²) in [6.45, 7) is 1.63. The van der Waals surface area contributed by atoms with E-state index in [-0.39, 0.29) is 11.7 Å². The van der Waals surface area contributed by atoms with Gasteiger partial charge in [-0.15, -0.1) is 0 Å². The lowest BCUT2D eigenvalue weighted by Crippen LogP contribution is -2.19. The summed E-state index contributed by atoms with van der Waals surface area (Å²) in [5.41, 5.74) is 3.83. The number of aromatic nitrogens is 1. The van der Waals surface area contributed by atoms with Crippen LogP contribution in [0.1, 0.15) is 42.5 Å². The van der Waals surface area contributed by atoms with E-state index in [9.17, 15) is 8.42 Å². The van der Waals surface area contributed by atoms with Gasteiger partial charge in [-0.3, -0.25) is 4.72 Å². The normalized spacial score (nSPS) is 18.2. The summed E-state index contributed by atoms with van der Waals surface area (Å²) < 4.78 is 31.4. The van der Waals surface area contributed by atoms with Crippen molar-refractivity contribution in [1.82, 2.24) is 4.98 Å². The van der Waals surface area contributed by atoms with Crippen LogP contribution in [-0.4, -0.2) is 19.2 Å². The van der Waals surface area contributed by atoms with Crippen molar-refractivity contribution in [2.75, 3.05) is 10.5 Å². The van der Waals surface area contributed by atoms with Crippen LogP contribution in [0.25, 0.3) is 0 Å². The number of hydrogen-bond acceptors (Lipinski definition) is 4. The first kappa shape index (κ1) is 14.1. The lowest BCUT2D eigenvalue weighted by molar-refractivity contribution is 0.550. The summed E-state index contributed by atoms with van der Waals surface area (Å²) >= 11 is 0. The number of benzene rings is 1. The second kappa shape index (κ2) is 5.52. The molecular formula is C15H18N2O3S. The fourth-order valence-corrected chi connectivity index (χ4v) is 3.56. The molecule has 21 heavy (non-hydrogen) atoms. The van der Waals surface area contributed by atoms with Crippen molar-refractivity contribution in [1.29, 1.82) is 0 Å². The van der Waals surface area contributed by atoms with Crippen molar-refractivity contribution >= 4 is 15.7 Å². The number of fused-ring (bicyclic) bond motifs is 1. The van der Waals surface area contributed by atoms with Crippen molar-refractivity contribution in [3.8, 4) is 0 Å². The van der Waals surface area contributed by atoms with Crippen molar-refractivity contribution in [2.45, 2.75) is 32.1 Å². The molecule has 0 amide bonds. The SMILES string of the molecule is CCS(=O)(=O)Nc1cccc2c1CCCC2c1cocn1. The van der Waals surface area contributed by atoms with Crippen LogP contribution < -0.4 is 4.72 Å². The molecule has 0 bridgehead atoms.